The number of nitrogens with one attached hydrogen (secondary N) is 1. The highest BCUT2D eigenvalue weighted by molar-refractivity contribution is 7.92. The third kappa shape index (κ3) is 8.10. The lowest BCUT2D eigenvalue weighted by atomic mass is 10.1. The minimum Gasteiger partial charge on any atom is -0.497 e. The molecule has 220 valence electrons. The molecule has 0 aliphatic rings. The van der Waals surface area contributed by atoms with E-state index in [2.05, 4.69) is 5.32 Å². The van der Waals surface area contributed by atoms with Crippen LogP contribution in [0.4, 0.5) is 5.69 Å². The van der Waals surface area contributed by atoms with Crippen LogP contribution < -0.4 is 14.4 Å². The first-order valence-electron chi connectivity index (χ1n) is 13.8. The molecular weight excluding hydrogens is 538 g/mol. The third-order valence-corrected chi connectivity index (χ3v) is 8.47. The van der Waals surface area contributed by atoms with Gasteiger partial charge in [0, 0.05) is 12.6 Å². The molecule has 0 heterocycles. The van der Waals surface area contributed by atoms with Crippen LogP contribution in [0.2, 0.25) is 0 Å². The highest BCUT2D eigenvalue weighted by Crippen LogP contribution is 2.27. The molecule has 0 radical (unpaired) electrons. The average Bonchev–Trinajstić information content (AvgIpc) is 2.90. The Hall–Kier alpha value is -3.85. The number of rotatable bonds is 12. The third-order valence-electron chi connectivity index (χ3n) is 6.69. The van der Waals surface area contributed by atoms with E-state index in [-0.39, 0.29) is 23.4 Å². The Bertz CT molecular complexity index is 1450. The molecule has 1 N–H and O–H groups in total. The molecule has 0 saturated carbocycles. The molecular formula is C32H41N3O5S. The number of anilines is 1. The lowest BCUT2D eigenvalue weighted by Crippen LogP contribution is -2.53. The zero-order valence-electron chi connectivity index (χ0n) is 25.0. The minimum atomic E-state index is -4.12. The maximum absolute atomic E-state index is 14.2. The molecule has 0 saturated heterocycles. The van der Waals surface area contributed by atoms with Crippen molar-refractivity contribution in [2.75, 3.05) is 18.0 Å². The van der Waals surface area contributed by atoms with Crippen LogP contribution >= 0.6 is 0 Å². The molecule has 0 spiro atoms. The average molecular weight is 580 g/mol. The summed E-state index contributed by atoms with van der Waals surface area (Å²) in [4.78, 5) is 29.0. The van der Waals surface area contributed by atoms with Crippen molar-refractivity contribution in [1.29, 1.82) is 0 Å². The molecule has 0 aromatic heterocycles. The molecule has 3 aromatic carbocycles. The maximum atomic E-state index is 14.2. The summed E-state index contributed by atoms with van der Waals surface area (Å²) in [6.07, 6.45) is 0.350. The van der Waals surface area contributed by atoms with Crippen LogP contribution in [-0.4, -0.2) is 50.9 Å². The first kappa shape index (κ1) is 31.7. The Morgan fingerprint density at radius 2 is 1.54 bits per heavy atom. The molecule has 3 rings (SSSR count). The quantitative estimate of drug-likeness (QED) is 0.320. The first-order chi connectivity index (χ1) is 19.3. The van der Waals surface area contributed by atoms with Crippen molar-refractivity contribution in [2.45, 2.75) is 71.5 Å². The number of carbonyl (C=O) groups is 2. The second-order valence-electron chi connectivity index (χ2n) is 10.6. The molecule has 0 aliphatic heterocycles. The summed E-state index contributed by atoms with van der Waals surface area (Å²) >= 11 is 0. The van der Waals surface area contributed by atoms with Crippen molar-refractivity contribution in [1.82, 2.24) is 10.2 Å². The summed E-state index contributed by atoms with van der Waals surface area (Å²) in [6, 6.07) is 18.3. The van der Waals surface area contributed by atoms with Crippen molar-refractivity contribution in [3.8, 4) is 5.75 Å². The highest BCUT2D eigenvalue weighted by atomic mass is 32.2. The van der Waals surface area contributed by atoms with Crippen molar-refractivity contribution in [3.05, 3.63) is 89.0 Å². The molecule has 0 fully saturated rings. The van der Waals surface area contributed by atoms with Crippen LogP contribution in [0.15, 0.2) is 71.6 Å². The fraction of sp³-hybridized carbons (Fsp3) is 0.375. The standard InChI is InChI=1S/C32H41N3O5S/c1-8-30(32(37)33-22(2)3)34(20-26-10-9-11-28(19-26)40-7)31(36)21-35(27-17-24(5)16-25(6)18-27)41(38,39)29-14-12-23(4)13-15-29/h9-19,22,30H,8,20-21H2,1-7H3,(H,33,37). The van der Waals surface area contributed by atoms with E-state index in [1.807, 2.05) is 59.7 Å². The SMILES string of the molecule is CCC(C(=O)NC(C)C)N(Cc1cccc(OC)c1)C(=O)CN(c1cc(C)cc(C)c1)S(=O)(=O)c1ccc(C)cc1. The van der Waals surface area contributed by atoms with E-state index < -0.39 is 28.5 Å². The summed E-state index contributed by atoms with van der Waals surface area (Å²) in [6.45, 7) is 10.8. The second-order valence-corrected chi connectivity index (χ2v) is 12.5. The Morgan fingerprint density at radius 1 is 0.902 bits per heavy atom. The van der Waals surface area contributed by atoms with Crippen molar-refractivity contribution >= 4 is 27.5 Å². The molecule has 1 atom stereocenters. The van der Waals surface area contributed by atoms with Gasteiger partial charge in [0.1, 0.15) is 18.3 Å². The highest BCUT2D eigenvalue weighted by Gasteiger charge is 2.34. The van der Waals surface area contributed by atoms with Crippen LogP contribution in [-0.2, 0) is 26.2 Å². The Balaban J connectivity index is 2.10. The number of hydrogen-bond acceptors (Lipinski definition) is 5. The predicted molar refractivity (Wildman–Crippen MR) is 163 cm³/mol. The minimum absolute atomic E-state index is 0.0824. The number of carbonyl (C=O) groups excluding carboxylic acids is 2. The van der Waals surface area contributed by atoms with Gasteiger partial charge < -0.3 is 15.0 Å². The molecule has 41 heavy (non-hydrogen) atoms. The van der Waals surface area contributed by atoms with E-state index in [1.54, 1.807) is 55.6 Å². The van der Waals surface area contributed by atoms with E-state index in [9.17, 15) is 18.0 Å². The van der Waals surface area contributed by atoms with Gasteiger partial charge >= 0.3 is 0 Å². The van der Waals surface area contributed by atoms with Gasteiger partial charge in [-0.1, -0.05) is 42.8 Å². The molecule has 0 aliphatic carbocycles. The second kappa shape index (κ2) is 13.7. The summed E-state index contributed by atoms with van der Waals surface area (Å²) in [7, 11) is -2.56. The predicted octanol–water partition coefficient (Wildman–Crippen LogP) is 5.15. The number of methoxy groups -OCH3 is 1. The monoisotopic (exact) mass is 579 g/mol. The van der Waals surface area contributed by atoms with Gasteiger partial charge in [-0.15, -0.1) is 0 Å². The van der Waals surface area contributed by atoms with E-state index in [0.717, 1.165) is 26.6 Å². The molecule has 3 aromatic rings. The maximum Gasteiger partial charge on any atom is 0.264 e. The number of amides is 2. The van der Waals surface area contributed by atoms with Crippen LogP contribution in [0.3, 0.4) is 0 Å². The summed E-state index contributed by atoms with van der Waals surface area (Å²) in [5.41, 5.74) is 3.80. The fourth-order valence-electron chi connectivity index (χ4n) is 4.73. The molecule has 9 heteroatoms. The van der Waals surface area contributed by atoms with E-state index >= 15 is 0 Å². The fourth-order valence-corrected chi connectivity index (χ4v) is 6.13. The van der Waals surface area contributed by atoms with Gasteiger partial charge in [-0.05, 0) is 94.1 Å². The van der Waals surface area contributed by atoms with Crippen LogP contribution in [0.1, 0.15) is 49.4 Å². The number of ether oxygens (including phenoxy) is 1. The lowest BCUT2D eigenvalue weighted by molar-refractivity contribution is -0.140. The molecule has 2 amide bonds. The summed E-state index contributed by atoms with van der Waals surface area (Å²) < 4.78 is 34.6. The van der Waals surface area contributed by atoms with Gasteiger partial charge in [0.2, 0.25) is 11.8 Å². The smallest absolute Gasteiger partial charge is 0.264 e. The van der Waals surface area contributed by atoms with Crippen LogP contribution in [0.5, 0.6) is 5.75 Å². The van der Waals surface area contributed by atoms with Gasteiger partial charge in [0.25, 0.3) is 10.0 Å². The summed E-state index contributed by atoms with van der Waals surface area (Å²) in [5.74, 6) is -0.167. The normalized spacial score (nSPS) is 12.1. The summed E-state index contributed by atoms with van der Waals surface area (Å²) in [5, 5.41) is 2.91. The topological polar surface area (TPSA) is 96.0 Å². The van der Waals surface area contributed by atoms with Gasteiger partial charge in [-0.3, -0.25) is 13.9 Å². The van der Waals surface area contributed by atoms with Gasteiger partial charge in [-0.2, -0.15) is 0 Å². The van der Waals surface area contributed by atoms with Crippen molar-refractivity contribution < 1.29 is 22.7 Å². The Labute approximate surface area is 244 Å². The van der Waals surface area contributed by atoms with E-state index in [0.29, 0.717) is 17.9 Å². The molecule has 1 unspecified atom stereocenters. The molecule has 0 bridgehead atoms. The Kier molecular flexibility index (Phi) is 10.6. The molecule has 8 nitrogen and oxygen atoms in total. The van der Waals surface area contributed by atoms with Crippen LogP contribution in [0, 0.1) is 20.8 Å². The number of benzene rings is 3. The van der Waals surface area contributed by atoms with Crippen LogP contribution in [0.25, 0.3) is 0 Å². The van der Waals surface area contributed by atoms with E-state index in [4.69, 9.17) is 4.74 Å². The van der Waals surface area contributed by atoms with Gasteiger partial charge in [-0.25, -0.2) is 8.42 Å². The first-order valence-corrected chi connectivity index (χ1v) is 15.2. The van der Waals surface area contributed by atoms with E-state index in [1.165, 1.54) is 4.90 Å². The number of nitrogens with zero attached hydrogens (tertiary/aromatic N) is 2. The van der Waals surface area contributed by atoms with Crippen molar-refractivity contribution in [3.63, 3.8) is 0 Å². The van der Waals surface area contributed by atoms with Gasteiger partial charge in [0.15, 0.2) is 0 Å². The zero-order valence-corrected chi connectivity index (χ0v) is 25.8. The number of aryl methyl sites for hydroxylation is 3. The zero-order chi connectivity index (χ0) is 30.3. The van der Waals surface area contributed by atoms with Gasteiger partial charge in [0.05, 0.1) is 17.7 Å². The number of sulfonamides is 1. The number of hydrogen-bond donors (Lipinski definition) is 1. The largest absolute Gasteiger partial charge is 0.497 e. The lowest BCUT2D eigenvalue weighted by Gasteiger charge is -2.33. The van der Waals surface area contributed by atoms with Crippen molar-refractivity contribution in [2.24, 2.45) is 0 Å². The Morgan fingerprint density at radius 3 is 2.10 bits per heavy atom.